The molecular weight excluding hydrogens is 957 g/mol. The molecule has 6 heterocycles. The summed E-state index contributed by atoms with van der Waals surface area (Å²) in [5.41, 5.74) is 16.2. The first kappa shape index (κ1) is 56.0. The molecule has 0 bridgehead atoms. The Morgan fingerprint density at radius 3 is 1.40 bits per heavy atom. The summed E-state index contributed by atoms with van der Waals surface area (Å²) in [5.74, 6) is 2.92. The fourth-order valence-electron chi connectivity index (χ4n) is 11.7. The lowest BCUT2D eigenvalue weighted by Gasteiger charge is -2.39. The predicted octanol–water partition coefficient (Wildman–Crippen LogP) is 11.6. The van der Waals surface area contributed by atoms with Crippen LogP contribution in [-0.2, 0) is 28.7 Å². The lowest BCUT2D eigenvalue weighted by molar-refractivity contribution is -0.115. The summed E-state index contributed by atoms with van der Waals surface area (Å²) in [7, 11) is 0. The highest BCUT2D eigenvalue weighted by atomic mass is 16.2. The number of ketones is 1. The van der Waals surface area contributed by atoms with E-state index in [1.807, 2.05) is 54.0 Å². The van der Waals surface area contributed by atoms with Crippen LogP contribution in [0.15, 0.2) is 72.8 Å². The molecule has 4 aliphatic heterocycles. The maximum Gasteiger partial charge on any atom is 0.254 e. The molecule has 2 fully saturated rings. The average Bonchev–Trinajstić information content (AvgIpc) is 4.09. The number of Topliss-reactive ketones (excluding diaryl/α,β-unsaturated/α-hetero) is 1. The smallest absolute Gasteiger partial charge is 0.254 e. The molecule has 4 aromatic carbocycles. The molecule has 10 rings (SSSR count). The van der Waals surface area contributed by atoms with Crippen LogP contribution in [0.5, 0.6) is 0 Å². The van der Waals surface area contributed by atoms with Crippen LogP contribution >= 0.6 is 0 Å². The Balaban J connectivity index is 0.000000191. The van der Waals surface area contributed by atoms with Gasteiger partial charge in [-0.25, -0.2) is 9.97 Å². The number of hydrogen-bond acceptors (Lipinski definition) is 9. The van der Waals surface area contributed by atoms with Crippen molar-refractivity contribution in [1.82, 2.24) is 40.0 Å². The number of rotatable bonds is 7. The van der Waals surface area contributed by atoms with Gasteiger partial charge in [-0.3, -0.25) is 14.5 Å². The van der Waals surface area contributed by atoms with Gasteiger partial charge >= 0.3 is 0 Å². The summed E-state index contributed by atoms with van der Waals surface area (Å²) in [6, 6.07) is 28.9. The predicted molar refractivity (Wildman–Crippen MR) is 305 cm³/mol. The van der Waals surface area contributed by atoms with Gasteiger partial charge < -0.3 is 29.9 Å². The molecule has 0 spiro atoms. The Kier molecular flexibility index (Phi) is 16.9. The van der Waals surface area contributed by atoms with E-state index >= 15 is 0 Å². The van der Waals surface area contributed by atoms with Gasteiger partial charge in [0.05, 0.1) is 46.0 Å². The Hall–Kier alpha value is -7.19. The largest absolute Gasteiger partial charge is 0.341 e. The van der Waals surface area contributed by atoms with Crippen molar-refractivity contribution in [3.8, 4) is 34.9 Å². The van der Waals surface area contributed by atoms with E-state index in [-0.39, 0.29) is 28.4 Å². The third-order valence-electron chi connectivity index (χ3n) is 16.1. The number of aromatic amines is 2. The summed E-state index contributed by atoms with van der Waals surface area (Å²) in [4.78, 5) is 60.5. The van der Waals surface area contributed by atoms with E-state index in [1.165, 1.54) is 30.7 Å². The number of amides is 2. The minimum atomic E-state index is -0.0386. The van der Waals surface area contributed by atoms with Gasteiger partial charge in [0.2, 0.25) is 0 Å². The number of H-pyrrole nitrogens is 2. The number of hydrogen-bond donors (Lipinski definition) is 3. The number of aromatic nitrogens is 4. The molecule has 402 valence electrons. The SMILES string of the molecule is CC(C)=O.Cc1cc(C)c(-c2nc3c([nH]2)CN(C(C)C)CC3(C)C)cc1C(=O)N1CCC(c2ccc(C#N)cc2)CC1.Cc1cc(C)c(-c2nc3c([nH]2)CNCC3(C)C)cc1C(=O)N1CCC(c2ccc(C#N)cc2)CC1. The van der Waals surface area contributed by atoms with Gasteiger partial charge in [0.25, 0.3) is 11.8 Å². The van der Waals surface area contributed by atoms with Crippen molar-refractivity contribution in [3.63, 3.8) is 0 Å². The molecule has 13 heteroatoms. The number of nitrogens with one attached hydrogen (secondary N) is 3. The molecule has 0 radical (unpaired) electrons. The van der Waals surface area contributed by atoms with E-state index in [4.69, 9.17) is 20.5 Å². The minimum Gasteiger partial charge on any atom is -0.341 e. The average molecular weight is 1040 g/mol. The van der Waals surface area contributed by atoms with Gasteiger partial charge in [-0.05, 0) is 163 Å². The lowest BCUT2D eigenvalue weighted by Crippen LogP contribution is -2.45. The maximum atomic E-state index is 13.7. The van der Waals surface area contributed by atoms with Gasteiger partial charge in [-0.2, -0.15) is 10.5 Å². The Morgan fingerprint density at radius 2 is 1.01 bits per heavy atom. The summed E-state index contributed by atoms with van der Waals surface area (Å²) in [6.45, 7) is 31.2. The summed E-state index contributed by atoms with van der Waals surface area (Å²) >= 11 is 0. The van der Waals surface area contributed by atoms with Gasteiger partial charge in [0.15, 0.2) is 0 Å². The number of carbonyl (C=O) groups is 3. The van der Waals surface area contributed by atoms with Gasteiger partial charge in [0.1, 0.15) is 17.4 Å². The third kappa shape index (κ3) is 12.5. The van der Waals surface area contributed by atoms with E-state index in [9.17, 15) is 14.4 Å². The number of carbonyl (C=O) groups excluding carboxylic acids is 3. The summed E-state index contributed by atoms with van der Waals surface area (Å²) in [6.07, 6.45) is 3.73. The molecule has 6 aromatic rings. The molecular formula is C64H78N10O3. The monoisotopic (exact) mass is 1030 g/mol. The fraction of sp³-hybridized carbons (Fsp3) is 0.453. The van der Waals surface area contributed by atoms with Crippen molar-refractivity contribution < 1.29 is 14.4 Å². The quantitative estimate of drug-likeness (QED) is 0.140. The standard InChI is InChI=1S/C32H39N5O.C29H33N5O.C3H6O/c1-20(2)37-18-28-29(32(5,6)19-37)35-30(34-28)26-16-27(22(4)15-21(26)3)31(38)36-13-11-25(12-14-36)24-9-7-23(17-33)8-10-24;1-18-13-19(2)24(14-23(18)27-32-25-16-31-17-29(3,4)26(25)33-27)28(35)34-11-9-22(10-12-34)21-7-5-20(15-30)6-8-21;1-3(2)4/h7-10,15-16,20,25H,11-14,18-19H2,1-6H3,(H,34,35);5-8,13-14,22,31H,9-12,16-17H2,1-4H3,(H,32,33);1-2H3. The second kappa shape index (κ2) is 23.2. The Labute approximate surface area is 456 Å². The summed E-state index contributed by atoms with van der Waals surface area (Å²) < 4.78 is 0. The number of likely N-dealkylation sites (tertiary alicyclic amines) is 2. The summed E-state index contributed by atoms with van der Waals surface area (Å²) in [5, 5.41) is 21.6. The number of imidazole rings is 2. The first-order chi connectivity index (χ1) is 36.6. The van der Waals surface area contributed by atoms with E-state index in [2.05, 4.69) is 130 Å². The molecule has 0 unspecified atom stereocenters. The van der Waals surface area contributed by atoms with E-state index < -0.39 is 0 Å². The highest BCUT2D eigenvalue weighted by Gasteiger charge is 2.37. The van der Waals surface area contributed by atoms with Crippen LogP contribution in [0.3, 0.4) is 0 Å². The molecule has 13 nitrogen and oxygen atoms in total. The molecule has 77 heavy (non-hydrogen) atoms. The van der Waals surface area contributed by atoms with Crippen molar-refractivity contribution in [2.45, 2.75) is 151 Å². The molecule has 3 N–H and O–H groups in total. The van der Waals surface area contributed by atoms with Gasteiger partial charge in [0, 0.05) is 91.5 Å². The highest BCUT2D eigenvalue weighted by molar-refractivity contribution is 5.98. The normalized spacial score (nSPS) is 17.2. The zero-order chi connectivity index (χ0) is 55.5. The van der Waals surface area contributed by atoms with E-state index in [1.54, 1.807) is 0 Å². The molecule has 0 saturated carbocycles. The number of aryl methyl sites for hydroxylation is 4. The molecule has 0 atom stereocenters. The van der Waals surface area contributed by atoms with Crippen LogP contribution in [0.4, 0.5) is 0 Å². The molecule has 4 aliphatic rings. The zero-order valence-electron chi connectivity index (χ0n) is 47.5. The number of benzene rings is 4. The minimum absolute atomic E-state index is 0.0289. The van der Waals surface area contributed by atoms with Crippen molar-refractivity contribution in [2.75, 3.05) is 39.3 Å². The van der Waals surface area contributed by atoms with Crippen LogP contribution in [0, 0.1) is 50.4 Å². The number of piperidine rings is 2. The number of nitrogens with zero attached hydrogens (tertiary/aromatic N) is 7. The first-order valence-electron chi connectivity index (χ1n) is 27.5. The van der Waals surface area contributed by atoms with E-state index in [0.717, 1.165) is 151 Å². The molecule has 2 amide bonds. The Morgan fingerprint density at radius 1 is 0.610 bits per heavy atom. The lowest BCUT2D eigenvalue weighted by atomic mass is 9.84. The van der Waals surface area contributed by atoms with Crippen molar-refractivity contribution in [1.29, 1.82) is 10.5 Å². The third-order valence-corrected chi connectivity index (χ3v) is 16.1. The molecule has 2 aromatic heterocycles. The van der Waals surface area contributed by atoms with E-state index in [0.29, 0.717) is 29.0 Å². The topological polar surface area (TPSA) is 178 Å². The van der Waals surface area contributed by atoms with Gasteiger partial charge in [-0.15, -0.1) is 0 Å². The van der Waals surface area contributed by atoms with Crippen LogP contribution < -0.4 is 5.32 Å². The van der Waals surface area contributed by atoms with Crippen LogP contribution in [-0.4, -0.2) is 97.5 Å². The second-order valence-electron chi connectivity index (χ2n) is 23.7. The molecule has 2 saturated heterocycles. The first-order valence-corrected chi connectivity index (χ1v) is 27.5. The Bertz CT molecular complexity index is 3220. The van der Waals surface area contributed by atoms with Crippen LogP contribution in [0.1, 0.15) is 181 Å². The maximum absolute atomic E-state index is 13.7. The van der Waals surface area contributed by atoms with Crippen LogP contribution in [0.25, 0.3) is 22.8 Å². The number of nitriles is 2. The van der Waals surface area contributed by atoms with Crippen molar-refractivity contribution in [3.05, 3.63) is 151 Å². The van der Waals surface area contributed by atoms with Crippen molar-refractivity contribution >= 4 is 17.6 Å². The number of fused-ring (bicyclic) bond motifs is 2. The highest BCUT2D eigenvalue weighted by Crippen LogP contribution is 2.38. The molecule has 0 aliphatic carbocycles. The van der Waals surface area contributed by atoms with Gasteiger partial charge in [-0.1, -0.05) is 64.1 Å². The zero-order valence-corrected chi connectivity index (χ0v) is 47.5. The fourth-order valence-corrected chi connectivity index (χ4v) is 11.7. The van der Waals surface area contributed by atoms with Crippen LogP contribution in [0.2, 0.25) is 0 Å². The van der Waals surface area contributed by atoms with Crippen molar-refractivity contribution in [2.24, 2.45) is 0 Å². The second-order valence-corrected chi connectivity index (χ2v) is 23.7.